The number of hydrogen-bond donors (Lipinski definition) is 1. The van der Waals surface area contributed by atoms with Crippen molar-refractivity contribution in [1.82, 2.24) is 10.3 Å². The molecule has 2 aromatic rings. The zero-order valence-corrected chi connectivity index (χ0v) is 11.2. The van der Waals surface area contributed by atoms with Crippen LogP contribution in [0.1, 0.15) is 12.0 Å². The van der Waals surface area contributed by atoms with Gasteiger partial charge in [0, 0.05) is 24.5 Å². The topological polar surface area (TPSA) is 34.1 Å². The predicted octanol–water partition coefficient (Wildman–Crippen LogP) is 3.18. The van der Waals surface area contributed by atoms with Crippen LogP contribution in [0.4, 0.5) is 0 Å². The van der Waals surface area contributed by atoms with Crippen LogP contribution in [0.25, 0.3) is 16.8 Å². The van der Waals surface area contributed by atoms with Crippen LogP contribution >= 0.6 is 11.6 Å². The van der Waals surface area contributed by atoms with Crippen molar-refractivity contribution < 1.29 is 4.74 Å². The van der Waals surface area contributed by atoms with Gasteiger partial charge in [-0.05, 0) is 23.1 Å². The number of nitrogens with one attached hydrogen (secondary N) is 1. The van der Waals surface area contributed by atoms with E-state index in [-0.39, 0.29) is 11.6 Å². The van der Waals surface area contributed by atoms with E-state index in [0.29, 0.717) is 5.88 Å². The fourth-order valence-corrected chi connectivity index (χ4v) is 2.57. The summed E-state index contributed by atoms with van der Waals surface area (Å²) in [7, 11) is 0. The second-order valence-electron chi connectivity index (χ2n) is 4.65. The molecule has 3 rings (SSSR count). The molecule has 19 heavy (non-hydrogen) atoms. The van der Waals surface area contributed by atoms with Gasteiger partial charge < -0.3 is 4.74 Å². The normalized spacial score (nSPS) is 22.6. The van der Waals surface area contributed by atoms with Crippen LogP contribution in [-0.2, 0) is 0 Å². The summed E-state index contributed by atoms with van der Waals surface area (Å²) in [5.41, 5.74) is 1.05. The van der Waals surface area contributed by atoms with Crippen LogP contribution < -0.4 is 10.1 Å². The fraction of sp³-hybridized carbons (Fsp3) is 0.267. The molecule has 0 aliphatic carbocycles. The molecular formula is C15H15ClN2O. The Hall–Kier alpha value is -1.58. The largest absolute Gasteiger partial charge is 0.472 e. The van der Waals surface area contributed by atoms with Crippen molar-refractivity contribution in [2.45, 2.75) is 18.0 Å². The molecular weight excluding hydrogens is 260 g/mol. The van der Waals surface area contributed by atoms with Crippen LogP contribution in [0.15, 0.2) is 37.0 Å². The number of halogens is 1. The van der Waals surface area contributed by atoms with E-state index in [4.69, 9.17) is 16.3 Å². The SMILES string of the molecule is C=Cc1ccc2ccnc(O[C@H]3CN[C@H](Cl)C3)c2c1. The number of rotatable bonds is 3. The van der Waals surface area contributed by atoms with Gasteiger partial charge in [0.1, 0.15) is 6.10 Å². The van der Waals surface area contributed by atoms with Crippen molar-refractivity contribution in [3.05, 3.63) is 42.6 Å². The average Bonchev–Trinajstić information content (AvgIpc) is 2.84. The maximum atomic E-state index is 6.01. The molecule has 0 saturated carbocycles. The first-order chi connectivity index (χ1) is 9.26. The molecule has 4 heteroatoms. The second-order valence-corrected chi connectivity index (χ2v) is 5.18. The number of nitrogens with zero attached hydrogens (tertiary/aromatic N) is 1. The monoisotopic (exact) mass is 274 g/mol. The molecule has 0 spiro atoms. The van der Waals surface area contributed by atoms with Crippen LogP contribution in [0, 0.1) is 0 Å². The quantitative estimate of drug-likeness (QED) is 0.689. The summed E-state index contributed by atoms with van der Waals surface area (Å²) < 4.78 is 5.97. The van der Waals surface area contributed by atoms with Gasteiger partial charge in [0.25, 0.3) is 0 Å². The Morgan fingerprint density at radius 2 is 2.32 bits per heavy atom. The Morgan fingerprint density at radius 3 is 3.05 bits per heavy atom. The molecule has 0 bridgehead atoms. The summed E-state index contributed by atoms with van der Waals surface area (Å²) in [5, 5.41) is 5.28. The van der Waals surface area contributed by atoms with Gasteiger partial charge in [-0.25, -0.2) is 4.98 Å². The first-order valence-electron chi connectivity index (χ1n) is 6.31. The highest BCUT2D eigenvalue weighted by Crippen LogP contribution is 2.27. The fourth-order valence-electron chi connectivity index (χ4n) is 2.28. The highest BCUT2D eigenvalue weighted by atomic mass is 35.5. The lowest BCUT2D eigenvalue weighted by atomic mass is 10.1. The minimum atomic E-state index is -0.0105. The molecule has 1 N–H and O–H groups in total. The Balaban J connectivity index is 1.95. The van der Waals surface area contributed by atoms with E-state index in [2.05, 4.69) is 22.9 Å². The molecule has 0 amide bonds. The van der Waals surface area contributed by atoms with Gasteiger partial charge in [-0.15, -0.1) is 11.6 Å². The minimum Gasteiger partial charge on any atom is -0.472 e. The summed E-state index contributed by atoms with van der Waals surface area (Å²) in [6.45, 7) is 4.55. The number of alkyl halides is 1. The van der Waals surface area contributed by atoms with Gasteiger partial charge in [0.2, 0.25) is 5.88 Å². The number of ether oxygens (including phenoxy) is 1. The smallest absolute Gasteiger partial charge is 0.221 e. The summed E-state index contributed by atoms with van der Waals surface area (Å²) >= 11 is 6.01. The van der Waals surface area contributed by atoms with Crippen molar-refractivity contribution in [2.75, 3.05) is 6.54 Å². The van der Waals surface area contributed by atoms with Crippen LogP contribution in [0.3, 0.4) is 0 Å². The Kier molecular flexibility index (Phi) is 3.40. The van der Waals surface area contributed by atoms with Gasteiger partial charge in [-0.1, -0.05) is 24.8 Å². The van der Waals surface area contributed by atoms with Gasteiger partial charge in [0.05, 0.1) is 5.50 Å². The average molecular weight is 275 g/mol. The number of pyridine rings is 1. The Bertz CT molecular complexity index is 614. The molecule has 1 aromatic heterocycles. The molecule has 0 unspecified atom stereocenters. The molecule has 98 valence electrons. The van der Waals surface area contributed by atoms with Crippen molar-refractivity contribution in [1.29, 1.82) is 0 Å². The van der Waals surface area contributed by atoms with Crippen molar-refractivity contribution in [2.24, 2.45) is 0 Å². The second kappa shape index (κ2) is 5.19. The number of aromatic nitrogens is 1. The van der Waals surface area contributed by atoms with Crippen molar-refractivity contribution >= 4 is 28.4 Å². The standard InChI is InChI=1S/C15H15ClN2O/c1-2-10-3-4-11-5-6-17-15(13(11)7-10)19-12-8-14(16)18-9-12/h2-7,12,14,18H,1,8-9H2/t12-,14+/m1/s1. The maximum Gasteiger partial charge on any atom is 0.221 e. The van der Waals surface area contributed by atoms with Crippen molar-refractivity contribution in [3.63, 3.8) is 0 Å². The van der Waals surface area contributed by atoms with Crippen LogP contribution in [0.2, 0.25) is 0 Å². The first-order valence-corrected chi connectivity index (χ1v) is 6.75. The highest BCUT2D eigenvalue weighted by molar-refractivity contribution is 6.20. The first kappa shape index (κ1) is 12.5. The van der Waals surface area contributed by atoms with E-state index in [9.17, 15) is 0 Å². The lowest BCUT2D eigenvalue weighted by Crippen LogP contribution is -2.20. The maximum absolute atomic E-state index is 6.01. The zero-order valence-electron chi connectivity index (χ0n) is 10.5. The molecule has 0 radical (unpaired) electrons. The third kappa shape index (κ3) is 2.57. The summed E-state index contributed by atoms with van der Waals surface area (Å²) in [6.07, 6.45) is 4.46. The molecule has 2 heterocycles. The van der Waals surface area contributed by atoms with E-state index in [1.807, 2.05) is 24.3 Å². The molecule has 2 atom stereocenters. The van der Waals surface area contributed by atoms with E-state index >= 15 is 0 Å². The highest BCUT2D eigenvalue weighted by Gasteiger charge is 2.24. The Morgan fingerprint density at radius 1 is 1.42 bits per heavy atom. The number of benzene rings is 1. The molecule has 1 aliphatic heterocycles. The van der Waals surface area contributed by atoms with E-state index in [0.717, 1.165) is 29.3 Å². The van der Waals surface area contributed by atoms with E-state index in [1.54, 1.807) is 6.20 Å². The Labute approximate surface area is 117 Å². The predicted molar refractivity (Wildman–Crippen MR) is 78.5 cm³/mol. The van der Waals surface area contributed by atoms with Crippen molar-refractivity contribution in [3.8, 4) is 5.88 Å². The summed E-state index contributed by atoms with van der Waals surface area (Å²) in [4.78, 5) is 4.34. The number of fused-ring (bicyclic) bond motifs is 1. The van der Waals surface area contributed by atoms with Gasteiger partial charge in [0.15, 0.2) is 0 Å². The third-order valence-corrected chi connectivity index (χ3v) is 3.64. The summed E-state index contributed by atoms with van der Waals surface area (Å²) in [5.74, 6) is 0.666. The van der Waals surface area contributed by atoms with E-state index in [1.165, 1.54) is 0 Å². The van der Waals surface area contributed by atoms with Gasteiger partial charge in [-0.2, -0.15) is 0 Å². The summed E-state index contributed by atoms with van der Waals surface area (Å²) in [6, 6.07) is 8.11. The minimum absolute atomic E-state index is 0.0105. The molecule has 1 aliphatic rings. The van der Waals surface area contributed by atoms with Crippen LogP contribution in [0.5, 0.6) is 5.88 Å². The molecule has 1 aromatic carbocycles. The molecule has 3 nitrogen and oxygen atoms in total. The third-order valence-electron chi connectivity index (χ3n) is 3.30. The molecule has 1 fully saturated rings. The lowest BCUT2D eigenvalue weighted by Gasteiger charge is -2.13. The van der Waals surface area contributed by atoms with Gasteiger partial charge >= 0.3 is 0 Å². The zero-order chi connectivity index (χ0) is 13.2. The van der Waals surface area contributed by atoms with E-state index < -0.39 is 0 Å². The molecule has 1 saturated heterocycles. The lowest BCUT2D eigenvalue weighted by molar-refractivity contribution is 0.216. The van der Waals surface area contributed by atoms with Crippen LogP contribution in [-0.4, -0.2) is 23.1 Å². The number of hydrogen-bond acceptors (Lipinski definition) is 3. The van der Waals surface area contributed by atoms with Gasteiger partial charge in [-0.3, -0.25) is 5.32 Å².